The first-order valence-corrected chi connectivity index (χ1v) is 8.33. The van der Waals surface area contributed by atoms with E-state index in [9.17, 15) is 22.8 Å². The molecule has 1 fully saturated rings. The number of alkyl halides is 3. The van der Waals surface area contributed by atoms with E-state index in [1.54, 1.807) is 0 Å². The topological polar surface area (TPSA) is 55.4 Å². The maximum Gasteiger partial charge on any atom is 0.417 e. The predicted molar refractivity (Wildman–Crippen MR) is 85.8 cm³/mol. The summed E-state index contributed by atoms with van der Waals surface area (Å²) in [7, 11) is 0. The maximum absolute atomic E-state index is 12.9. The molecule has 1 saturated carbocycles. The van der Waals surface area contributed by atoms with Gasteiger partial charge in [0.05, 0.1) is 11.1 Å². The second-order valence-corrected chi connectivity index (χ2v) is 6.56. The highest BCUT2D eigenvalue weighted by Crippen LogP contribution is 2.32. The molecule has 0 unspecified atom stereocenters. The number of esters is 1. The summed E-state index contributed by atoms with van der Waals surface area (Å²) in [4.78, 5) is 23.9. The molecule has 0 aliphatic heterocycles. The van der Waals surface area contributed by atoms with Gasteiger partial charge in [-0.3, -0.25) is 4.79 Å². The Hall–Kier alpha value is -2.05. The van der Waals surface area contributed by atoms with Crippen LogP contribution in [-0.2, 0) is 15.7 Å². The Morgan fingerprint density at radius 3 is 2.56 bits per heavy atom. The van der Waals surface area contributed by atoms with Gasteiger partial charge in [0.2, 0.25) is 0 Å². The molecule has 1 aromatic carbocycles. The van der Waals surface area contributed by atoms with Crippen molar-refractivity contribution < 1.29 is 27.5 Å². The molecule has 0 heterocycles. The highest BCUT2D eigenvalue weighted by Gasteiger charge is 2.35. The monoisotopic (exact) mass is 357 g/mol. The lowest BCUT2D eigenvalue weighted by Gasteiger charge is -2.34. The van der Waals surface area contributed by atoms with Crippen LogP contribution in [0.2, 0.25) is 0 Å². The fourth-order valence-electron chi connectivity index (χ4n) is 3.15. The third-order valence-electron chi connectivity index (χ3n) is 4.84. The molecule has 138 valence electrons. The minimum absolute atomic E-state index is 0.00239. The van der Waals surface area contributed by atoms with Crippen LogP contribution in [0.3, 0.4) is 0 Å². The molecule has 3 atom stereocenters. The van der Waals surface area contributed by atoms with Gasteiger partial charge in [-0.15, -0.1) is 0 Å². The summed E-state index contributed by atoms with van der Waals surface area (Å²) in [6.45, 7) is 3.58. The molecule has 0 spiro atoms. The average molecular weight is 357 g/mol. The molecule has 1 aromatic rings. The van der Waals surface area contributed by atoms with Crippen molar-refractivity contribution in [1.82, 2.24) is 5.32 Å². The molecule has 1 aliphatic rings. The third kappa shape index (κ3) is 4.96. The normalized spacial score (nSPS) is 23.8. The number of hydrogen-bond donors (Lipinski definition) is 1. The highest BCUT2D eigenvalue weighted by atomic mass is 19.4. The fourth-order valence-corrected chi connectivity index (χ4v) is 3.15. The summed E-state index contributed by atoms with van der Waals surface area (Å²) >= 11 is 0. The first-order valence-electron chi connectivity index (χ1n) is 8.33. The van der Waals surface area contributed by atoms with E-state index in [-0.39, 0.29) is 6.04 Å². The number of carbonyl (C=O) groups excluding carboxylic acids is 2. The number of benzene rings is 1. The Morgan fingerprint density at radius 1 is 1.20 bits per heavy atom. The standard InChI is InChI=1S/C18H22F3NO3/c1-11-6-5-9-15(12(11)2)22-16(23)10-25-17(24)13-7-3-4-8-14(13)18(19,20)21/h3-4,7-8,11-12,15H,5-6,9-10H2,1-2H3,(H,22,23)/t11-,12-,15-/m1/s1. The zero-order valence-electron chi connectivity index (χ0n) is 14.2. The summed E-state index contributed by atoms with van der Waals surface area (Å²) in [5.74, 6) is -0.864. The Morgan fingerprint density at radius 2 is 1.88 bits per heavy atom. The van der Waals surface area contributed by atoms with E-state index in [2.05, 4.69) is 19.2 Å². The van der Waals surface area contributed by atoms with Gasteiger partial charge in [-0.05, 0) is 30.4 Å². The van der Waals surface area contributed by atoms with Crippen molar-refractivity contribution in [2.45, 2.75) is 45.3 Å². The van der Waals surface area contributed by atoms with Gasteiger partial charge in [-0.1, -0.05) is 38.8 Å². The Kier molecular flexibility index (Phi) is 6.08. The van der Waals surface area contributed by atoms with E-state index < -0.39 is 35.8 Å². The van der Waals surface area contributed by atoms with E-state index in [0.717, 1.165) is 31.4 Å². The maximum atomic E-state index is 12.9. The van der Waals surface area contributed by atoms with Gasteiger partial charge < -0.3 is 10.1 Å². The zero-order valence-corrected chi connectivity index (χ0v) is 14.2. The summed E-state index contributed by atoms with van der Waals surface area (Å²) in [5.41, 5.74) is -1.67. The number of carbonyl (C=O) groups is 2. The predicted octanol–water partition coefficient (Wildman–Crippen LogP) is 3.80. The molecule has 1 amide bonds. The first-order chi connectivity index (χ1) is 11.7. The highest BCUT2D eigenvalue weighted by molar-refractivity contribution is 5.93. The number of nitrogens with one attached hydrogen (secondary N) is 1. The number of amides is 1. The Bertz CT molecular complexity index is 630. The molecular formula is C18H22F3NO3. The van der Waals surface area contributed by atoms with E-state index in [4.69, 9.17) is 4.74 Å². The van der Waals surface area contributed by atoms with Crippen molar-refractivity contribution in [3.63, 3.8) is 0 Å². The van der Waals surface area contributed by atoms with Gasteiger partial charge in [0.25, 0.3) is 5.91 Å². The summed E-state index contributed by atoms with van der Waals surface area (Å²) in [6, 6.07) is 4.35. The van der Waals surface area contributed by atoms with Crippen molar-refractivity contribution in [2.75, 3.05) is 6.61 Å². The van der Waals surface area contributed by atoms with Crippen LogP contribution >= 0.6 is 0 Å². The second-order valence-electron chi connectivity index (χ2n) is 6.56. The van der Waals surface area contributed by atoms with Crippen molar-refractivity contribution in [2.24, 2.45) is 11.8 Å². The number of halogens is 3. The number of hydrogen-bond acceptors (Lipinski definition) is 3. The molecule has 7 heteroatoms. The van der Waals surface area contributed by atoms with Crippen LogP contribution in [0.25, 0.3) is 0 Å². The lowest BCUT2D eigenvalue weighted by atomic mass is 9.78. The quantitative estimate of drug-likeness (QED) is 0.834. The van der Waals surface area contributed by atoms with Crippen LogP contribution in [0, 0.1) is 11.8 Å². The molecule has 2 rings (SSSR count). The molecule has 1 N–H and O–H groups in total. The molecule has 4 nitrogen and oxygen atoms in total. The first kappa shape index (κ1) is 19.3. The number of ether oxygens (including phenoxy) is 1. The largest absolute Gasteiger partial charge is 0.452 e. The van der Waals surface area contributed by atoms with Crippen LogP contribution in [-0.4, -0.2) is 24.5 Å². The lowest BCUT2D eigenvalue weighted by molar-refractivity contribution is -0.138. The van der Waals surface area contributed by atoms with E-state index in [1.165, 1.54) is 12.1 Å². The minimum Gasteiger partial charge on any atom is -0.452 e. The molecule has 0 bridgehead atoms. The van der Waals surface area contributed by atoms with Crippen LogP contribution in [0.5, 0.6) is 0 Å². The number of rotatable bonds is 4. The zero-order chi connectivity index (χ0) is 18.6. The Labute approximate surface area is 144 Å². The van der Waals surface area contributed by atoms with Gasteiger partial charge in [0, 0.05) is 6.04 Å². The van der Waals surface area contributed by atoms with Gasteiger partial charge >= 0.3 is 12.1 Å². The Balaban J connectivity index is 1.93. The summed E-state index contributed by atoms with van der Waals surface area (Å²) in [5, 5.41) is 2.81. The average Bonchev–Trinajstić information content (AvgIpc) is 2.56. The van der Waals surface area contributed by atoms with Gasteiger partial charge in [0.1, 0.15) is 0 Å². The van der Waals surface area contributed by atoms with E-state index in [1.807, 2.05) is 0 Å². The van der Waals surface area contributed by atoms with Gasteiger partial charge in [-0.25, -0.2) is 4.79 Å². The van der Waals surface area contributed by atoms with Crippen molar-refractivity contribution in [3.8, 4) is 0 Å². The minimum atomic E-state index is -4.66. The lowest BCUT2D eigenvalue weighted by Crippen LogP contribution is -2.45. The van der Waals surface area contributed by atoms with E-state index in [0.29, 0.717) is 11.8 Å². The summed E-state index contributed by atoms with van der Waals surface area (Å²) in [6.07, 6.45) is -1.69. The van der Waals surface area contributed by atoms with Crippen LogP contribution in [0.4, 0.5) is 13.2 Å². The van der Waals surface area contributed by atoms with Gasteiger partial charge in [-0.2, -0.15) is 13.2 Å². The molecule has 0 aromatic heterocycles. The molecule has 25 heavy (non-hydrogen) atoms. The molecule has 1 aliphatic carbocycles. The third-order valence-corrected chi connectivity index (χ3v) is 4.84. The van der Waals surface area contributed by atoms with Crippen LogP contribution < -0.4 is 5.32 Å². The molecular weight excluding hydrogens is 335 g/mol. The van der Waals surface area contributed by atoms with Gasteiger partial charge in [0.15, 0.2) is 6.61 Å². The SMILES string of the molecule is C[C@@H]1[C@H](C)CCC[C@H]1NC(=O)COC(=O)c1ccccc1C(F)(F)F. The van der Waals surface area contributed by atoms with Crippen molar-refractivity contribution in [3.05, 3.63) is 35.4 Å². The smallest absolute Gasteiger partial charge is 0.417 e. The summed E-state index contributed by atoms with van der Waals surface area (Å²) < 4.78 is 43.5. The van der Waals surface area contributed by atoms with Crippen molar-refractivity contribution in [1.29, 1.82) is 0 Å². The fraction of sp³-hybridized carbons (Fsp3) is 0.556. The molecule has 0 saturated heterocycles. The second kappa shape index (κ2) is 7.89. The van der Waals surface area contributed by atoms with Crippen LogP contribution in [0.1, 0.15) is 49.0 Å². The molecule has 0 radical (unpaired) electrons. The van der Waals surface area contributed by atoms with Crippen LogP contribution in [0.15, 0.2) is 24.3 Å². The van der Waals surface area contributed by atoms with E-state index >= 15 is 0 Å². The van der Waals surface area contributed by atoms with Crippen molar-refractivity contribution >= 4 is 11.9 Å².